The fourth-order valence-corrected chi connectivity index (χ4v) is 3.25. The molecule has 1 heterocycles. The summed E-state index contributed by atoms with van der Waals surface area (Å²) in [5, 5.41) is 2.58. The minimum atomic E-state index is -1.13. The molecule has 33 heavy (non-hydrogen) atoms. The van der Waals surface area contributed by atoms with Gasteiger partial charge in [0.25, 0.3) is 11.5 Å². The second kappa shape index (κ2) is 10.1. The number of rotatable bonds is 8. The summed E-state index contributed by atoms with van der Waals surface area (Å²) in [7, 11) is 3.23. The lowest BCUT2D eigenvalue weighted by Crippen LogP contribution is -2.33. The van der Waals surface area contributed by atoms with E-state index in [2.05, 4.69) is 5.32 Å². The van der Waals surface area contributed by atoms with E-state index in [9.17, 15) is 14.4 Å². The second-order valence-electron chi connectivity index (χ2n) is 7.50. The van der Waals surface area contributed by atoms with Crippen LogP contribution in [0.5, 0.6) is 11.5 Å². The Balaban J connectivity index is 1.64. The molecule has 0 radical (unpaired) electrons. The molecular weight excluding hydrogens is 426 g/mol. The first kappa shape index (κ1) is 23.6. The molecule has 0 aliphatic carbocycles. The summed E-state index contributed by atoms with van der Waals surface area (Å²) in [6, 6.07) is 14.4. The maximum absolute atomic E-state index is 12.9. The molecule has 3 rings (SSSR count). The summed E-state index contributed by atoms with van der Waals surface area (Å²) in [4.78, 5) is 37.7. The van der Waals surface area contributed by atoms with Crippen LogP contribution in [0.2, 0.25) is 0 Å². The number of hydrogen-bond acceptors (Lipinski definition) is 6. The number of para-hydroxylation sites is 1. The van der Waals surface area contributed by atoms with Crippen LogP contribution >= 0.6 is 0 Å². The van der Waals surface area contributed by atoms with Crippen LogP contribution in [0.4, 0.5) is 5.69 Å². The number of methoxy groups -OCH3 is 1. The lowest BCUT2D eigenvalue weighted by Gasteiger charge is -2.14. The normalized spacial score (nSPS) is 11.5. The van der Waals surface area contributed by atoms with Crippen molar-refractivity contribution in [1.29, 1.82) is 0 Å². The van der Waals surface area contributed by atoms with Crippen molar-refractivity contribution in [2.45, 2.75) is 26.9 Å². The number of ether oxygens (including phenoxy) is 3. The Bertz CT molecular complexity index is 1210. The second-order valence-corrected chi connectivity index (χ2v) is 7.50. The standard InChI is InChI=1S/C24H27N3O6/c1-15-11-12-19(20(13-15)31-5)32-14-21(28)33-17(3)23(29)25-22-16(2)26(4)27(24(22)30)18-9-7-6-8-10-18/h6-13,17H,14H2,1-5H3,(H,25,29). The molecule has 0 spiro atoms. The first-order valence-corrected chi connectivity index (χ1v) is 10.3. The number of aryl methyl sites for hydroxylation is 1. The van der Waals surface area contributed by atoms with E-state index in [0.29, 0.717) is 22.9 Å². The SMILES string of the molecule is COc1cc(C)ccc1OCC(=O)OC(C)C(=O)Nc1c(C)n(C)n(-c2ccccc2)c1=O. The summed E-state index contributed by atoms with van der Waals surface area (Å²) < 4.78 is 19.0. The van der Waals surface area contributed by atoms with Crippen LogP contribution in [-0.2, 0) is 21.4 Å². The molecule has 2 aromatic carbocycles. The van der Waals surface area contributed by atoms with Gasteiger partial charge in [-0.3, -0.25) is 14.3 Å². The van der Waals surface area contributed by atoms with Gasteiger partial charge in [-0.2, -0.15) is 0 Å². The monoisotopic (exact) mass is 453 g/mol. The summed E-state index contributed by atoms with van der Waals surface area (Å²) in [5.41, 5.74) is 1.94. The molecule has 174 valence electrons. The van der Waals surface area contributed by atoms with Crippen molar-refractivity contribution in [3.63, 3.8) is 0 Å². The Morgan fingerprint density at radius 1 is 1.06 bits per heavy atom. The molecule has 3 aromatic rings. The zero-order valence-electron chi connectivity index (χ0n) is 19.2. The molecular formula is C24H27N3O6. The molecule has 1 aromatic heterocycles. The number of aromatic nitrogens is 2. The van der Waals surface area contributed by atoms with E-state index in [1.54, 1.807) is 42.9 Å². The van der Waals surface area contributed by atoms with Gasteiger partial charge in [-0.25, -0.2) is 9.48 Å². The van der Waals surface area contributed by atoms with Crippen molar-refractivity contribution in [2.75, 3.05) is 19.0 Å². The van der Waals surface area contributed by atoms with Crippen LogP contribution in [0.15, 0.2) is 53.3 Å². The third-order valence-corrected chi connectivity index (χ3v) is 5.14. The van der Waals surface area contributed by atoms with Crippen molar-refractivity contribution in [3.8, 4) is 17.2 Å². The van der Waals surface area contributed by atoms with Crippen LogP contribution in [0.3, 0.4) is 0 Å². The highest BCUT2D eigenvalue weighted by atomic mass is 16.6. The van der Waals surface area contributed by atoms with E-state index >= 15 is 0 Å². The summed E-state index contributed by atoms with van der Waals surface area (Å²) >= 11 is 0. The van der Waals surface area contributed by atoms with E-state index in [4.69, 9.17) is 14.2 Å². The Morgan fingerprint density at radius 3 is 2.42 bits per heavy atom. The molecule has 0 aliphatic rings. The van der Waals surface area contributed by atoms with Crippen LogP contribution in [0.25, 0.3) is 5.69 Å². The van der Waals surface area contributed by atoms with Crippen LogP contribution in [0, 0.1) is 13.8 Å². The van der Waals surface area contributed by atoms with Gasteiger partial charge < -0.3 is 19.5 Å². The maximum atomic E-state index is 12.9. The zero-order chi connectivity index (χ0) is 24.1. The smallest absolute Gasteiger partial charge is 0.344 e. The highest BCUT2D eigenvalue weighted by Crippen LogP contribution is 2.27. The predicted molar refractivity (Wildman–Crippen MR) is 123 cm³/mol. The van der Waals surface area contributed by atoms with Gasteiger partial charge in [0.05, 0.1) is 18.5 Å². The van der Waals surface area contributed by atoms with E-state index in [0.717, 1.165) is 5.56 Å². The molecule has 1 amide bonds. The number of esters is 1. The maximum Gasteiger partial charge on any atom is 0.344 e. The van der Waals surface area contributed by atoms with Crippen LogP contribution in [-0.4, -0.2) is 41.1 Å². The number of carbonyl (C=O) groups excluding carboxylic acids is 2. The number of hydrogen-bond donors (Lipinski definition) is 1. The van der Waals surface area contributed by atoms with Crippen molar-refractivity contribution in [3.05, 3.63) is 70.1 Å². The topological polar surface area (TPSA) is 101 Å². The van der Waals surface area contributed by atoms with E-state index in [-0.39, 0.29) is 11.2 Å². The van der Waals surface area contributed by atoms with Gasteiger partial charge in [0.2, 0.25) is 0 Å². The molecule has 0 saturated carbocycles. The number of carbonyl (C=O) groups is 2. The third-order valence-electron chi connectivity index (χ3n) is 5.14. The van der Waals surface area contributed by atoms with Gasteiger partial charge in [0, 0.05) is 7.05 Å². The molecule has 0 bridgehead atoms. The minimum Gasteiger partial charge on any atom is -0.493 e. The summed E-state index contributed by atoms with van der Waals surface area (Å²) in [6.45, 7) is 4.65. The molecule has 0 aliphatic heterocycles. The lowest BCUT2D eigenvalue weighted by atomic mass is 10.2. The number of anilines is 1. The van der Waals surface area contributed by atoms with E-state index < -0.39 is 24.6 Å². The van der Waals surface area contributed by atoms with Crippen LogP contribution < -0.4 is 20.3 Å². The van der Waals surface area contributed by atoms with Crippen LogP contribution in [0.1, 0.15) is 18.2 Å². The quantitative estimate of drug-likeness (QED) is 0.527. The third kappa shape index (κ3) is 5.25. The van der Waals surface area contributed by atoms with Gasteiger partial charge >= 0.3 is 5.97 Å². The van der Waals surface area contributed by atoms with Gasteiger partial charge in [-0.1, -0.05) is 24.3 Å². The average molecular weight is 453 g/mol. The molecule has 9 nitrogen and oxygen atoms in total. The Kier molecular flexibility index (Phi) is 7.22. The first-order valence-electron chi connectivity index (χ1n) is 10.3. The predicted octanol–water partition coefficient (Wildman–Crippen LogP) is 2.75. The van der Waals surface area contributed by atoms with Gasteiger partial charge in [-0.15, -0.1) is 0 Å². The lowest BCUT2D eigenvalue weighted by molar-refractivity contribution is -0.155. The van der Waals surface area contributed by atoms with Crippen molar-refractivity contribution >= 4 is 17.6 Å². The fourth-order valence-electron chi connectivity index (χ4n) is 3.25. The highest BCUT2D eigenvalue weighted by molar-refractivity contribution is 5.95. The molecule has 0 saturated heterocycles. The number of amides is 1. The van der Waals surface area contributed by atoms with Gasteiger partial charge in [0.15, 0.2) is 24.2 Å². The minimum absolute atomic E-state index is 0.120. The van der Waals surface area contributed by atoms with Gasteiger partial charge in [-0.05, 0) is 50.6 Å². The number of benzene rings is 2. The number of nitrogens with zero attached hydrogens (tertiary/aromatic N) is 2. The van der Waals surface area contributed by atoms with Crippen molar-refractivity contribution < 1.29 is 23.8 Å². The molecule has 1 N–H and O–H groups in total. The Morgan fingerprint density at radius 2 is 1.76 bits per heavy atom. The van der Waals surface area contributed by atoms with E-state index in [1.807, 2.05) is 31.2 Å². The number of nitrogens with one attached hydrogen (secondary N) is 1. The van der Waals surface area contributed by atoms with E-state index in [1.165, 1.54) is 18.7 Å². The Hall–Kier alpha value is -4.01. The molecule has 1 atom stereocenters. The molecule has 0 fully saturated rings. The zero-order valence-corrected chi connectivity index (χ0v) is 19.2. The summed E-state index contributed by atoms with van der Waals surface area (Å²) in [6.07, 6.45) is -1.13. The average Bonchev–Trinajstić information content (AvgIpc) is 3.01. The fraction of sp³-hybridized carbons (Fsp3) is 0.292. The van der Waals surface area contributed by atoms with Gasteiger partial charge in [0.1, 0.15) is 5.69 Å². The molecule has 9 heteroatoms. The Labute approximate surface area is 191 Å². The first-order chi connectivity index (χ1) is 15.7. The summed E-state index contributed by atoms with van der Waals surface area (Å²) in [5.74, 6) is -0.476. The highest BCUT2D eigenvalue weighted by Gasteiger charge is 2.23. The van der Waals surface area contributed by atoms with Crippen molar-refractivity contribution in [1.82, 2.24) is 9.36 Å². The largest absolute Gasteiger partial charge is 0.493 e. The van der Waals surface area contributed by atoms with Crippen molar-refractivity contribution in [2.24, 2.45) is 7.05 Å². The molecule has 1 unspecified atom stereocenters.